The van der Waals surface area contributed by atoms with Gasteiger partial charge in [-0.05, 0) is 56.3 Å². The Morgan fingerprint density at radius 3 is 2.50 bits per heavy atom. The average Bonchev–Trinajstić information content (AvgIpc) is 2.71. The molecule has 2 saturated carbocycles. The molecule has 0 bridgehead atoms. The van der Waals surface area contributed by atoms with Gasteiger partial charge in [-0.15, -0.1) is 0 Å². The lowest BCUT2D eigenvalue weighted by Gasteiger charge is -2.32. The molecule has 4 unspecified atom stereocenters. The van der Waals surface area contributed by atoms with E-state index in [0.717, 1.165) is 37.5 Å². The van der Waals surface area contributed by atoms with Gasteiger partial charge in [0.15, 0.2) is 0 Å². The third kappa shape index (κ3) is 3.53. The highest BCUT2D eigenvalue weighted by Crippen LogP contribution is 2.36. The molecule has 116 valence electrons. The predicted molar refractivity (Wildman–Crippen MR) is 80.0 cm³/mol. The van der Waals surface area contributed by atoms with Gasteiger partial charge in [-0.1, -0.05) is 20.3 Å². The summed E-state index contributed by atoms with van der Waals surface area (Å²) in [6.45, 7) is 5.32. The van der Waals surface area contributed by atoms with Gasteiger partial charge >= 0.3 is 0 Å². The minimum atomic E-state index is -0.795. The summed E-state index contributed by atoms with van der Waals surface area (Å²) in [4.78, 5) is 11.5. The highest BCUT2D eigenvalue weighted by Gasteiger charge is 2.44. The summed E-state index contributed by atoms with van der Waals surface area (Å²) in [5, 5.41) is 0. The molecule has 4 atom stereocenters. The van der Waals surface area contributed by atoms with Crippen molar-refractivity contribution in [3.63, 3.8) is 0 Å². The monoisotopic (exact) mass is 282 g/mol. The van der Waals surface area contributed by atoms with E-state index in [0.29, 0.717) is 12.7 Å². The molecule has 2 rings (SSSR count). The van der Waals surface area contributed by atoms with E-state index in [2.05, 4.69) is 13.8 Å². The smallest absolute Gasteiger partial charge is 0.237 e. The Kier molecular flexibility index (Phi) is 5.08. The van der Waals surface area contributed by atoms with E-state index < -0.39 is 5.54 Å². The largest absolute Gasteiger partial charge is 0.378 e. The maximum atomic E-state index is 11.5. The zero-order valence-electron chi connectivity index (χ0n) is 12.9. The number of primary amides is 1. The molecule has 0 heterocycles. The molecule has 0 aromatic carbocycles. The van der Waals surface area contributed by atoms with E-state index in [1.54, 1.807) is 0 Å². The van der Waals surface area contributed by atoms with Gasteiger partial charge in [0, 0.05) is 6.61 Å². The van der Waals surface area contributed by atoms with Crippen molar-refractivity contribution in [3.8, 4) is 0 Å². The van der Waals surface area contributed by atoms with Crippen LogP contribution in [0.2, 0.25) is 0 Å². The fourth-order valence-corrected chi connectivity index (χ4v) is 4.22. The number of carbonyl (C=O) groups excluding carboxylic acids is 1. The zero-order valence-corrected chi connectivity index (χ0v) is 12.9. The number of ether oxygens (including phenoxy) is 1. The number of rotatable bonds is 5. The van der Waals surface area contributed by atoms with Crippen LogP contribution in [-0.2, 0) is 9.53 Å². The fraction of sp³-hybridized carbons (Fsp3) is 0.938. The standard InChI is InChI=1S/C16H30N2O2/c1-11-8-12(2)10-14(9-11)20-7-5-13-4-3-6-16(13,18)15(17)19/h11-14H,3-10,18H2,1-2H3,(H2,17,19). The summed E-state index contributed by atoms with van der Waals surface area (Å²) in [5.41, 5.74) is 10.9. The molecule has 0 spiro atoms. The molecule has 1 amide bonds. The molecule has 20 heavy (non-hydrogen) atoms. The predicted octanol–water partition coefficient (Wildman–Crippen LogP) is 2.20. The number of carbonyl (C=O) groups is 1. The number of amides is 1. The average molecular weight is 282 g/mol. The van der Waals surface area contributed by atoms with Crippen LogP contribution in [0, 0.1) is 17.8 Å². The molecule has 2 aliphatic rings. The van der Waals surface area contributed by atoms with E-state index in [1.807, 2.05) is 0 Å². The van der Waals surface area contributed by atoms with Gasteiger partial charge in [0.1, 0.15) is 0 Å². The topological polar surface area (TPSA) is 78.3 Å². The summed E-state index contributed by atoms with van der Waals surface area (Å²) < 4.78 is 6.05. The molecule has 2 fully saturated rings. The summed E-state index contributed by atoms with van der Waals surface area (Å²) >= 11 is 0. The second kappa shape index (κ2) is 6.44. The molecule has 4 heteroatoms. The van der Waals surface area contributed by atoms with Crippen molar-refractivity contribution in [2.75, 3.05) is 6.61 Å². The van der Waals surface area contributed by atoms with Crippen LogP contribution in [0.1, 0.15) is 58.8 Å². The maximum Gasteiger partial charge on any atom is 0.237 e. The number of hydrogen-bond donors (Lipinski definition) is 2. The molecule has 4 nitrogen and oxygen atoms in total. The molecule has 0 aromatic rings. The molecule has 0 radical (unpaired) electrons. The molecule has 2 aliphatic carbocycles. The maximum absolute atomic E-state index is 11.5. The first-order valence-electron chi connectivity index (χ1n) is 8.12. The second-order valence-corrected chi connectivity index (χ2v) is 7.19. The minimum Gasteiger partial charge on any atom is -0.378 e. The van der Waals surface area contributed by atoms with Gasteiger partial charge < -0.3 is 16.2 Å². The first-order chi connectivity index (χ1) is 9.41. The van der Waals surface area contributed by atoms with Gasteiger partial charge in [0.25, 0.3) is 0 Å². The molecular formula is C16H30N2O2. The summed E-state index contributed by atoms with van der Waals surface area (Å²) in [6, 6.07) is 0. The Labute approximate surface area is 122 Å². The quantitative estimate of drug-likeness (QED) is 0.811. The van der Waals surface area contributed by atoms with Crippen LogP contribution in [0.15, 0.2) is 0 Å². The van der Waals surface area contributed by atoms with E-state index >= 15 is 0 Å². The van der Waals surface area contributed by atoms with Crippen LogP contribution in [0.25, 0.3) is 0 Å². The van der Waals surface area contributed by atoms with Crippen LogP contribution in [0.3, 0.4) is 0 Å². The molecule has 4 N–H and O–H groups in total. The van der Waals surface area contributed by atoms with Gasteiger partial charge in [-0.3, -0.25) is 4.79 Å². The highest BCUT2D eigenvalue weighted by molar-refractivity contribution is 5.85. The summed E-state index contributed by atoms with van der Waals surface area (Å²) in [7, 11) is 0. The first kappa shape index (κ1) is 15.8. The van der Waals surface area contributed by atoms with E-state index in [-0.39, 0.29) is 11.8 Å². The van der Waals surface area contributed by atoms with Crippen molar-refractivity contribution in [1.29, 1.82) is 0 Å². The Bertz CT molecular complexity index is 337. The minimum absolute atomic E-state index is 0.193. The molecule has 0 aliphatic heterocycles. The van der Waals surface area contributed by atoms with Gasteiger partial charge in [0.05, 0.1) is 11.6 Å². The van der Waals surface area contributed by atoms with Crippen LogP contribution < -0.4 is 11.5 Å². The molecule has 0 aromatic heterocycles. The first-order valence-corrected chi connectivity index (χ1v) is 8.12. The van der Waals surface area contributed by atoms with Crippen LogP contribution >= 0.6 is 0 Å². The Balaban J connectivity index is 1.77. The lowest BCUT2D eigenvalue weighted by atomic mass is 9.81. The molecular weight excluding hydrogens is 252 g/mol. The van der Waals surface area contributed by atoms with Gasteiger partial charge in [0.2, 0.25) is 5.91 Å². The van der Waals surface area contributed by atoms with Crippen molar-refractivity contribution in [2.24, 2.45) is 29.2 Å². The van der Waals surface area contributed by atoms with E-state index in [9.17, 15) is 4.79 Å². The number of hydrogen-bond acceptors (Lipinski definition) is 3. The summed E-state index contributed by atoms with van der Waals surface area (Å²) in [5.74, 6) is 1.36. The van der Waals surface area contributed by atoms with E-state index in [4.69, 9.17) is 16.2 Å². The van der Waals surface area contributed by atoms with Gasteiger partial charge in [-0.25, -0.2) is 0 Å². The zero-order chi connectivity index (χ0) is 14.8. The van der Waals surface area contributed by atoms with E-state index in [1.165, 1.54) is 19.3 Å². The second-order valence-electron chi connectivity index (χ2n) is 7.19. The summed E-state index contributed by atoms with van der Waals surface area (Å²) in [6.07, 6.45) is 7.62. The van der Waals surface area contributed by atoms with Crippen LogP contribution in [0.5, 0.6) is 0 Å². The van der Waals surface area contributed by atoms with Crippen LogP contribution in [0.4, 0.5) is 0 Å². The Morgan fingerprint density at radius 1 is 1.25 bits per heavy atom. The Morgan fingerprint density at radius 2 is 1.90 bits per heavy atom. The van der Waals surface area contributed by atoms with Gasteiger partial charge in [-0.2, -0.15) is 0 Å². The van der Waals surface area contributed by atoms with Crippen LogP contribution in [-0.4, -0.2) is 24.2 Å². The van der Waals surface area contributed by atoms with Crippen molar-refractivity contribution in [1.82, 2.24) is 0 Å². The van der Waals surface area contributed by atoms with Crippen molar-refractivity contribution < 1.29 is 9.53 Å². The van der Waals surface area contributed by atoms with Crippen molar-refractivity contribution in [3.05, 3.63) is 0 Å². The van der Waals surface area contributed by atoms with Crippen molar-refractivity contribution >= 4 is 5.91 Å². The number of nitrogens with two attached hydrogens (primary N) is 2. The highest BCUT2D eigenvalue weighted by atomic mass is 16.5. The third-order valence-corrected chi connectivity index (χ3v) is 5.29. The normalized spacial score (nSPS) is 41.8. The lowest BCUT2D eigenvalue weighted by Crippen LogP contribution is -2.54. The van der Waals surface area contributed by atoms with Crippen molar-refractivity contribution in [2.45, 2.75) is 70.4 Å². The molecule has 0 saturated heterocycles. The lowest BCUT2D eigenvalue weighted by molar-refractivity contribution is -0.124. The Hall–Kier alpha value is -0.610. The third-order valence-electron chi connectivity index (χ3n) is 5.29. The fourth-order valence-electron chi connectivity index (χ4n) is 4.22. The SMILES string of the molecule is CC1CC(C)CC(OCCC2CCCC2(N)C(N)=O)C1.